The number of hydrogen-bond acceptors (Lipinski definition) is 2. The van der Waals surface area contributed by atoms with Gasteiger partial charge in [-0.25, -0.2) is 0 Å². The third-order valence-electron chi connectivity index (χ3n) is 2.27. The lowest BCUT2D eigenvalue weighted by molar-refractivity contribution is 0.494. The Morgan fingerprint density at radius 3 is 2.71 bits per heavy atom. The number of furan rings is 1. The molecule has 0 unspecified atom stereocenters. The summed E-state index contributed by atoms with van der Waals surface area (Å²) in [5.74, 6) is 0.835. The molecular weight excluding hydrogens is 369 g/mol. The van der Waals surface area contributed by atoms with E-state index in [9.17, 15) is 0 Å². The molecule has 1 aromatic carbocycles. The van der Waals surface area contributed by atoms with Crippen LogP contribution < -0.4 is 5.32 Å². The van der Waals surface area contributed by atoms with Gasteiger partial charge in [-0.15, -0.1) is 0 Å². The second kappa shape index (κ2) is 5.46. The van der Waals surface area contributed by atoms with Crippen LogP contribution in [0.4, 0.5) is 5.69 Å². The maximum Gasteiger partial charge on any atom is 0.183 e. The van der Waals surface area contributed by atoms with E-state index in [1.807, 2.05) is 31.2 Å². The van der Waals surface area contributed by atoms with Crippen molar-refractivity contribution in [3.63, 3.8) is 0 Å². The van der Waals surface area contributed by atoms with Gasteiger partial charge >= 0.3 is 0 Å². The maximum absolute atomic E-state index is 6.09. The van der Waals surface area contributed by atoms with Gasteiger partial charge in [0.15, 0.2) is 4.67 Å². The topological polar surface area (TPSA) is 25.2 Å². The van der Waals surface area contributed by atoms with E-state index in [-0.39, 0.29) is 0 Å². The van der Waals surface area contributed by atoms with Crippen molar-refractivity contribution in [2.45, 2.75) is 13.5 Å². The summed E-state index contributed by atoms with van der Waals surface area (Å²) in [6.45, 7) is 2.62. The van der Waals surface area contributed by atoms with E-state index < -0.39 is 0 Å². The van der Waals surface area contributed by atoms with Gasteiger partial charge in [0.25, 0.3) is 0 Å². The lowest BCUT2D eigenvalue weighted by Gasteiger charge is -2.07. The highest BCUT2D eigenvalue weighted by molar-refractivity contribution is 9.13. The van der Waals surface area contributed by atoms with Crippen LogP contribution in [-0.4, -0.2) is 0 Å². The van der Waals surface area contributed by atoms with Crippen molar-refractivity contribution >= 4 is 49.1 Å². The second-order valence-corrected chi connectivity index (χ2v) is 5.65. The Morgan fingerprint density at radius 1 is 1.29 bits per heavy atom. The number of benzene rings is 1. The van der Waals surface area contributed by atoms with Crippen LogP contribution in [0.2, 0.25) is 5.02 Å². The molecule has 0 saturated heterocycles. The molecule has 0 aliphatic heterocycles. The summed E-state index contributed by atoms with van der Waals surface area (Å²) in [5.41, 5.74) is 2.08. The van der Waals surface area contributed by atoms with Gasteiger partial charge < -0.3 is 9.73 Å². The smallest absolute Gasteiger partial charge is 0.183 e. The lowest BCUT2D eigenvalue weighted by atomic mass is 10.2. The molecule has 0 bridgehead atoms. The molecule has 0 saturated carbocycles. The van der Waals surface area contributed by atoms with Gasteiger partial charge in [0.05, 0.1) is 21.7 Å². The second-order valence-electron chi connectivity index (χ2n) is 3.67. The Kier molecular flexibility index (Phi) is 4.17. The minimum Gasteiger partial charge on any atom is -0.451 e. The average molecular weight is 379 g/mol. The molecular formula is C12H10Br2ClNO. The number of halogens is 3. The fourth-order valence-electron chi connectivity index (χ4n) is 1.44. The number of aryl methyl sites for hydroxylation is 1. The zero-order chi connectivity index (χ0) is 12.4. The van der Waals surface area contributed by atoms with Gasteiger partial charge in [0, 0.05) is 0 Å². The van der Waals surface area contributed by atoms with Crippen molar-refractivity contribution in [1.82, 2.24) is 0 Å². The van der Waals surface area contributed by atoms with E-state index in [0.29, 0.717) is 16.2 Å². The maximum atomic E-state index is 6.09. The number of hydrogen-bond donors (Lipinski definition) is 1. The Hall–Kier alpha value is -0.450. The number of rotatable bonds is 3. The Morgan fingerprint density at radius 2 is 2.06 bits per heavy atom. The molecule has 0 atom stereocenters. The molecule has 0 radical (unpaired) electrons. The summed E-state index contributed by atoms with van der Waals surface area (Å²) in [5, 5.41) is 3.95. The minimum atomic E-state index is 0.591. The van der Waals surface area contributed by atoms with Crippen LogP contribution in [0.3, 0.4) is 0 Å². The molecule has 1 aromatic heterocycles. The fraction of sp³-hybridized carbons (Fsp3) is 0.167. The highest BCUT2D eigenvalue weighted by Gasteiger charge is 2.06. The summed E-state index contributed by atoms with van der Waals surface area (Å²) < 4.78 is 7.08. The summed E-state index contributed by atoms with van der Waals surface area (Å²) in [4.78, 5) is 0. The Balaban J connectivity index is 2.09. The molecule has 90 valence electrons. The van der Waals surface area contributed by atoms with Gasteiger partial charge in [0.2, 0.25) is 0 Å². The van der Waals surface area contributed by atoms with Crippen molar-refractivity contribution in [1.29, 1.82) is 0 Å². The number of nitrogens with one attached hydrogen (secondary N) is 1. The van der Waals surface area contributed by atoms with Crippen LogP contribution in [0.25, 0.3) is 0 Å². The van der Waals surface area contributed by atoms with Crippen LogP contribution in [-0.2, 0) is 6.54 Å². The molecule has 1 heterocycles. The molecule has 0 fully saturated rings. The first-order chi connectivity index (χ1) is 8.06. The van der Waals surface area contributed by atoms with Crippen molar-refractivity contribution in [3.05, 3.63) is 49.8 Å². The first kappa shape index (κ1) is 13.0. The highest BCUT2D eigenvalue weighted by Crippen LogP contribution is 2.28. The standard InChI is InChI=1S/C12H10Br2ClNO/c1-7-2-3-10(15)11(4-7)16-6-8-5-9(13)12(14)17-8/h2-5,16H,6H2,1H3. The molecule has 2 aromatic rings. The quantitative estimate of drug-likeness (QED) is 0.775. The van der Waals surface area contributed by atoms with Crippen LogP contribution in [0.5, 0.6) is 0 Å². The molecule has 2 nitrogen and oxygen atoms in total. The largest absolute Gasteiger partial charge is 0.451 e. The van der Waals surface area contributed by atoms with Crippen molar-refractivity contribution in [2.24, 2.45) is 0 Å². The Labute approximate surface area is 122 Å². The van der Waals surface area contributed by atoms with Crippen molar-refractivity contribution < 1.29 is 4.42 Å². The van der Waals surface area contributed by atoms with E-state index in [0.717, 1.165) is 15.9 Å². The van der Waals surface area contributed by atoms with Crippen LogP contribution >= 0.6 is 43.5 Å². The molecule has 1 N–H and O–H groups in total. The van der Waals surface area contributed by atoms with Crippen LogP contribution in [0.15, 0.2) is 37.8 Å². The van der Waals surface area contributed by atoms with Crippen molar-refractivity contribution in [2.75, 3.05) is 5.32 Å². The van der Waals surface area contributed by atoms with Gasteiger partial charge in [0.1, 0.15) is 5.76 Å². The molecule has 0 aliphatic rings. The molecule has 0 aliphatic carbocycles. The SMILES string of the molecule is Cc1ccc(Cl)c(NCc2cc(Br)c(Br)o2)c1. The normalized spacial score (nSPS) is 10.6. The fourth-order valence-corrected chi connectivity index (χ4v) is 2.28. The van der Waals surface area contributed by atoms with E-state index in [1.54, 1.807) is 0 Å². The van der Waals surface area contributed by atoms with Gasteiger partial charge in [-0.2, -0.15) is 0 Å². The summed E-state index contributed by atoms with van der Waals surface area (Å²) >= 11 is 12.8. The zero-order valence-corrected chi connectivity index (χ0v) is 13.0. The molecule has 17 heavy (non-hydrogen) atoms. The molecule has 0 amide bonds. The van der Waals surface area contributed by atoms with Crippen molar-refractivity contribution in [3.8, 4) is 0 Å². The molecule has 5 heteroatoms. The monoisotopic (exact) mass is 377 g/mol. The summed E-state index contributed by atoms with van der Waals surface area (Å²) in [6.07, 6.45) is 0. The van der Waals surface area contributed by atoms with E-state index in [4.69, 9.17) is 16.0 Å². The highest BCUT2D eigenvalue weighted by atomic mass is 79.9. The third-order valence-corrected chi connectivity index (χ3v) is 4.31. The lowest BCUT2D eigenvalue weighted by Crippen LogP contribution is -1.98. The van der Waals surface area contributed by atoms with E-state index >= 15 is 0 Å². The predicted octanol–water partition coefficient (Wildman–Crippen LogP) is 5.38. The van der Waals surface area contributed by atoms with Gasteiger partial charge in [-0.05, 0) is 62.5 Å². The first-order valence-corrected chi connectivity index (χ1v) is 6.96. The molecule has 2 rings (SSSR count). The average Bonchev–Trinajstić information content (AvgIpc) is 2.60. The van der Waals surface area contributed by atoms with Gasteiger partial charge in [-0.1, -0.05) is 17.7 Å². The predicted molar refractivity (Wildman–Crippen MR) is 77.6 cm³/mol. The van der Waals surface area contributed by atoms with E-state index in [2.05, 4.69) is 37.2 Å². The first-order valence-electron chi connectivity index (χ1n) is 5.00. The summed E-state index contributed by atoms with van der Waals surface area (Å²) in [7, 11) is 0. The zero-order valence-electron chi connectivity index (χ0n) is 9.06. The van der Waals surface area contributed by atoms with Gasteiger partial charge in [-0.3, -0.25) is 0 Å². The minimum absolute atomic E-state index is 0.591. The van der Waals surface area contributed by atoms with E-state index in [1.165, 1.54) is 5.56 Å². The van der Waals surface area contributed by atoms with Crippen LogP contribution in [0.1, 0.15) is 11.3 Å². The van der Waals surface area contributed by atoms with Crippen LogP contribution in [0, 0.1) is 6.92 Å². The number of anilines is 1. The molecule has 0 spiro atoms. The summed E-state index contributed by atoms with van der Waals surface area (Å²) in [6, 6.07) is 7.79. The Bertz CT molecular complexity index is 520. The third kappa shape index (κ3) is 3.27.